The quantitative estimate of drug-likeness (QED) is 0.595. The molecule has 0 spiro atoms. The summed E-state index contributed by atoms with van der Waals surface area (Å²) in [6.45, 7) is 5.88. The summed E-state index contributed by atoms with van der Waals surface area (Å²) in [6.07, 6.45) is 0. The van der Waals surface area contributed by atoms with Crippen LogP contribution in [0.3, 0.4) is 0 Å². The van der Waals surface area contributed by atoms with Crippen molar-refractivity contribution in [3.05, 3.63) is 58.0 Å². The molecule has 0 saturated heterocycles. The number of hydrogen-bond acceptors (Lipinski definition) is 3. The number of imidazole rings is 1. The monoisotopic (exact) mass is 324 g/mol. The number of fused-ring (bicyclic) bond motifs is 1. The van der Waals surface area contributed by atoms with E-state index in [4.69, 9.17) is 0 Å². The van der Waals surface area contributed by atoms with Crippen LogP contribution in [0.2, 0.25) is 0 Å². The predicted molar refractivity (Wildman–Crippen MR) is 96.5 cm³/mol. The number of anilines is 2. The molecule has 0 radical (unpaired) electrons. The van der Waals surface area contributed by atoms with E-state index in [0.717, 1.165) is 11.3 Å². The van der Waals surface area contributed by atoms with Gasteiger partial charge in [-0.2, -0.15) is 0 Å². The van der Waals surface area contributed by atoms with Crippen LogP contribution in [0.5, 0.6) is 0 Å². The Balaban J connectivity index is 1.73. The molecule has 1 heterocycles. The van der Waals surface area contributed by atoms with Gasteiger partial charge in [-0.1, -0.05) is 12.1 Å². The molecule has 4 N–H and O–H groups in total. The van der Waals surface area contributed by atoms with Crippen molar-refractivity contribution < 1.29 is 4.79 Å². The molecule has 0 bridgehead atoms. The molecule has 1 aromatic heterocycles. The van der Waals surface area contributed by atoms with Gasteiger partial charge in [0, 0.05) is 11.4 Å². The van der Waals surface area contributed by atoms with Gasteiger partial charge >= 0.3 is 5.69 Å². The largest absolute Gasteiger partial charge is 0.374 e. The zero-order valence-corrected chi connectivity index (χ0v) is 13.9. The Kier molecular flexibility index (Phi) is 4.12. The number of carbonyl (C=O) groups excluding carboxylic acids is 1. The third-order valence-corrected chi connectivity index (χ3v) is 4.15. The highest BCUT2D eigenvalue weighted by atomic mass is 16.2. The van der Waals surface area contributed by atoms with Crippen molar-refractivity contribution >= 4 is 28.3 Å². The molecule has 0 saturated carbocycles. The highest BCUT2D eigenvalue weighted by Crippen LogP contribution is 2.19. The minimum absolute atomic E-state index is 0.145. The first-order chi connectivity index (χ1) is 11.4. The van der Waals surface area contributed by atoms with Crippen molar-refractivity contribution in [1.82, 2.24) is 9.97 Å². The van der Waals surface area contributed by atoms with E-state index in [1.54, 1.807) is 18.2 Å². The molecule has 2 aromatic carbocycles. The number of aromatic amines is 2. The summed E-state index contributed by atoms with van der Waals surface area (Å²) in [5.41, 5.74) is 4.99. The summed E-state index contributed by atoms with van der Waals surface area (Å²) in [5, 5.41) is 6.10. The van der Waals surface area contributed by atoms with Gasteiger partial charge in [-0.25, -0.2) is 4.79 Å². The van der Waals surface area contributed by atoms with E-state index in [1.165, 1.54) is 5.56 Å². The lowest BCUT2D eigenvalue weighted by Gasteiger charge is -2.17. The number of aryl methyl sites for hydroxylation is 1. The topological polar surface area (TPSA) is 89.8 Å². The van der Waals surface area contributed by atoms with Crippen molar-refractivity contribution in [2.24, 2.45) is 0 Å². The normalized spacial score (nSPS) is 12.1. The third kappa shape index (κ3) is 3.17. The van der Waals surface area contributed by atoms with E-state index in [1.807, 2.05) is 39.0 Å². The molecule has 0 aliphatic rings. The number of aromatic nitrogens is 2. The standard InChI is InChI=1S/C18H20N4O2/c1-10-5-4-6-14(11(10)2)19-12(3)17(23)20-13-7-8-15-16(9-13)22-18(24)21-15/h4-9,12,19H,1-3H3,(H,20,23)(H2,21,22,24)/t12-/m0/s1. The van der Waals surface area contributed by atoms with Crippen molar-refractivity contribution in [2.45, 2.75) is 26.8 Å². The molecule has 3 rings (SSSR count). The number of benzene rings is 2. The van der Waals surface area contributed by atoms with Gasteiger partial charge in [0.15, 0.2) is 0 Å². The Morgan fingerprint density at radius 3 is 2.62 bits per heavy atom. The van der Waals surface area contributed by atoms with Crippen LogP contribution in [0, 0.1) is 13.8 Å². The van der Waals surface area contributed by atoms with Crippen LogP contribution in [-0.4, -0.2) is 21.9 Å². The summed E-state index contributed by atoms with van der Waals surface area (Å²) in [5.74, 6) is -0.145. The Hall–Kier alpha value is -3.02. The van der Waals surface area contributed by atoms with Crippen LogP contribution in [0.1, 0.15) is 18.1 Å². The first-order valence-corrected chi connectivity index (χ1v) is 7.79. The fourth-order valence-electron chi connectivity index (χ4n) is 2.57. The summed E-state index contributed by atoms with van der Waals surface area (Å²) in [6, 6.07) is 10.8. The smallest absolute Gasteiger partial charge is 0.323 e. The Morgan fingerprint density at radius 1 is 1.08 bits per heavy atom. The summed E-state index contributed by atoms with van der Waals surface area (Å²) >= 11 is 0. The van der Waals surface area contributed by atoms with Crippen molar-refractivity contribution in [3.63, 3.8) is 0 Å². The molecular weight excluding hydrogens is 304 g/mol. The van der Waals surface area contributed by atoms with Crippen molar-refractivity contribution in [2.75, 3.05) is 10.6 Å². The van der Waals surface area contributed by atoms with E-state index in [2.05, 4.69) is 20.6 Å². The van der Waals surface area contributed by atoms with E-state index in [0.29, 0.717) is 16.7 Å². The molecule has 0 fully saturated rings. The first kappa shape index (κ1) is 15.9. The lowest BCUT2D eigenvalue weighted by atomic mass is 10.1. The van der Waals surface area contributed by atoms with Gasteiger partial charge in [0.05, 0.1) is 11.0 Å². The molecular formula is C18H20N4O2. The lowest BCUT2D eigenvalue weighted by molar-refractivity contribution is -0.116. The molecule has 0 unspecified atom stereocenters. The molecule has 1 atom stereocenters. The van der Waals surface area contributed by atoms with Gasteiger partial charge in [0.1, 0.15) is 6.04 Å². The maximum atomic E-state index is 12.4. The minimum atomic E-state index is -0.397. The zero-order valence-electron chi connectivity index (χ0n) is 13.9. The highest BCUT2D eigenvalue weighted by Gasteiger charge is 2.14. The second-order valence-electron chi connectivity index (χ2n) is 5.94. The average molecular weight is 324 g/mol. The zero-order chi connectivity index (χ0) is 17.3. The van der Waals surface area contributed by atoms with Gasteiger partial charge < -0.3 is 20.6 Å². The van der Waals surface area contributed by atoms with Crippen LogP contribution >= 0.6 is 0 Å². The maximum absolute atomic E-state index is 12.4. The van der Waals surface area contributed by atoms with E-state index in [9.17, 15) is 9.59 Å². The van der Waals surface area contributed by atoms with Gasteiger partial charge in [-0.3, -0.25) is 4.79 Å². The van der Waals surface area contributed by atoms with Gasteiger partial charge in [0.25, 0.3) is 0 Å². The number of rotatable bonds is 4. The van der Waals surface area contributed by atoms with Crippen molar-refractivity contribution in [3.8, 4) is 0 Å². The van der Waals surface area contributed by atoms with Crippen LogP contribution in [-0.2, 0) is 4.79 Å². The number of carbonyl (C=O) groups is 1. The molecule has 24 heavy (non-hydrogen) atoms. The maximum Gasteiger partial charge on any atom is 0.323 e. The molecule has 6 nitrogen and oxygen atoms in total. The SMILES string of the molecule is Cc1cccc(N[C@@H](C)C(=O)Nc2ccc3[nH]c(=O)[nH]c3c2)c1C. The second-order valence-corrected chi connectivity index (χ2v) is 5.94. The Labute approximate surface area is 139 Å². The number of nitrogens with one attached hydrogen (secondary N) is 4. The molecule has 0 aliphatic carbocycles. The van der Waals surface area contributed by atoms with Crippen molar-refractivity contribution in [1.29, 1.82) is 0 Å². The lowest BCUT2D eigenvalue weighted by Crippen LogP contribution is -2.32. The number of H-pyrrole nitrogens is 2. The van der Waals surface area contributed by atoms with Crippen LogP contribution in [0.25, 0.3) is 11.0 Å². The van der Waals surface area contributed by atoms with Crippen LogP contribution in [0.15, 0.2) is 41.2 Å². The number of amides is 1. The Bertz CT molecular complexity index is 955. The molecule has 1 amide bonds. The minimum Gasteiger partial charge on any atom is -0.374 e. The van der Waals surface area contributed by atoms with E-state index < -0.39 is 6.04 Å². The van der Waals surface area contributed by atoms with E-state index in [-0.39, 0.29) is 11.6 Å². The van der Waals surface area contributed by atoms with Crippen LogP contribution in [0.4, 0.5) is 11.4 Å². The summed E-state index contributed by atoms with van der Waals surface area (Å²) in [7, 11) is 0. The summed E-state index contributed by atoms with van der Waals surface area (Å²) in [4.78, 5) is 29.0. The van der Waals surface area contributed by atoms with Gasteiger partial charge in [-0.05, 0) is 56.2 Å². The molecule has 6 heteroatoms. The fraction of sp³-hybridized carbons (Fsp3) is 0.222. The molecule has 0 aliphatic heterocycles. The average Bonchev–Trinajstić information content (AvgIpc) is 2.91. The fourth-order valence-corrected chi connectivity index (χ4v) is 2.57. The van der Waals surface area contributed by atoms with E-state index >= 15 is 0 Å². The summed E-state index contributed by atoms with van der Waals surface area (Å²) < 4.78 is 0. The first-order valence-electron chi connectivity index (χ1n) is 7.79. The highest BCUT2D eigenvalue weighted by molar-refractivity contribution is 5.97. The molecule has 124 valence electrons. The Morgan fingerprint density at radius 2 is 1.83 bits per heavy atom. The van der Waals surface area contributed by atoms with Gasteiger partial charge in [-0.15, -0.1) is 0 Å². The second kappa shape index (κ2) is 6.23. The van der Waals surface area contributed by atoms with Gasteiger partial charge in [0.2, 0.25) is 5.91 Å². The van der Waals surface area contributed by atoms with Crippen LogP contribution < -0.4 is 16.3 Å². The number of hydrogen-bond donors (Lipinski definition) is 4. The molecule has 3 aromatic rings. The predicted octanol–water partition coefficient (Wildman–Crippen LogP) is 2.91. The third-order valence-electron chi connectivity index (χ3n) is 4.15.